The van der Waals surface area contributed by atoms with Gasteiger partial charge in [-0.05, 0) is 0 Å². The van der Waals surface area contributed by atoms with Crippen LogP contribution in [0.3, 0.4) is 0 Å². The van der Waals surface area contributed by atoms with Gasteiger partial charge in [0.2, 0.25) is 5.91 Å². The highest BCUT2D eigenvalue weighted by molar-refractivity contribution is 7.61. The Morgan fingerprint density at radius 3 is 2.31 bits per heavy atom. The molecule has 2 aliphatic rings. The van der Waals surface area contributed by atoms with Gasteiger partial charge < -0.3 is 50.7 Å². The minimum atomic E-state index is -5.34. The van der Waals surface area contributed by atoms with Crippen LogP contribution < -0.4 is 11.1 Å². The Kier molecular flexibility index (Phi) is 8.70. The molecule has 20 nitrogen and oxygen atoms in total. The summed E-state index contributed by atoms with van der Waals surface area (Å²) in [5, 5.41) is 42.5. The van der Waals surface area contributed by atoms with Gasteiger partial charge >= 0.3 is 15.6 Å². The first-order valence-electron chi connectivity index (χ1n) is 11.1. The highest BCUT2D eigenvalue weighted by Gasteiger charge is 2.47. The molecular formula is C17H26N6O14P2. The summed E-state index contributed by atoms with van der Waals surface area (Å²) >= 11 is 0. The van der Waals surface area contributed by atoms with Crippen LogP contribution in [-0.2, 0) is 36.8 Å². The zero-order valence-electron chi connectivity index (χ0n) is 19.9. The summed E-state index contributed by atoms with van der Waals surface area (Å²) in [6.45, 7) is -0.637. The number of nitrogens with one attached hydrogen (secondary N) is 1. The second kappa shape index (κ2) is 11.4. The summed E-state index contributed by atoms with van der Waals surface area (Å²) in [6, 6.07) is -1.23. The molecular weight excluding hydrogens is 574 g/mol. The molecule has 0 saturated carbocycles. The van der Waals surface area contributed by atoms with Crippen molar-refractivity contribution in [2.75, 3.05) is 18.9 Å². The third kappa shape index (κ3) is 6.60. The zero-order chi connectivity index (χ0) is 28.7. The van der Waals surface area contributed by atoms with Crippen molar-refractivity contribution in [2.24, 2.45) is 0 Å². The minimum Gasteiger partial charge on any atom is -0.387 e. The Morgan fingerprint density at radius 2 is 1.67 bits per heavy atom. The number of aliphatic hydroxyl groups is 4. The molecule has 2 aromatic heterocycles. The molecule has 0 radical (unpaired) electrons. The van der Waals surface area contributed by atoms with Gasteiger partial charge in [-0.15, -0.1) is 0 Å². The summed E-state index contributed by atoms with van der Waals surface area (Å²) in [4.78, 5) is 42.9. The van der Waals surface area contributed by atoms with Crippen molar-refractivity contribution in [2.45, 2.75) is 56.0 Å². The molecule has 4 rings (SSSR count). The second-order valence-electron chi connectivity index (χ2n) is 8.52. The van der Waals surface area contributed by atoms with Gasteiger partial charge in [-0.2, -0.15) is 4.31 Å². The maximum absolute atomic E-state index is 12.3. The van der Waals surface area contributed by atoms with Crippen molar-refractivity contribution in [1.29, 1.82) is 0 Å². The highest BCUT2D eigenvalue weighted by Crippen LogP contribution is 2.60. The first-order chi connectivity index (χ1) is 18.2. The third-order valence-electron chi connectivity index (χ3n) is 5.75. The van der Waals surface area contributed by atoms with Crippen LogP contribution in [-0.4, -0.2) is 112 Å². The number of hydrogen-bond acceptors (Lipinski definition) is 16. The van der Waals surface area contributed by atoms with Crippen LogP contribution in [0, 0.1) is 0 Å². The van der Waals surface area contributed by atoms with Crippen molar-refractivity contribution in [3.63, 3.8) is 0 Å². The number of hydrogen-bond donors (Lipinski definition) is 8. The van der Waals surface area contributed by atoms with Crippen molar-refractivity contribution >= 4 is 38.5 Å². The summed E-state index contributed by atoms with van der Waals surface area (Å²) < 4.78 is 49.7. The summed E-state index contributed by atoms with van der Waals surface area (Å²) in [7, 11) is -10.7. The van der Waals surface area contributed by atoms with Gasteiger partial charge in [-0.1, -0.05) is 0 Å². The molecule has 39 heavy (non-hydrogen) atoms. The average Bonchev–Trinajstić information content (AvgIpc) is 3.47. The van der Waals surface area contributed by atoms with E-state index in [0.29, 0.717) is 0 Å². The van der Waals surface area contributed by atoms with Crippen LogP contribution in [0.25, 0.3) is 11.2 Å². The molecule has 4 heterocycles. The number of carbonyl (C=O) groups is 1. The number of fused-ring (bicyclic) bond motifs is 1. The van der Waals surface area contributed by atoms with Crippen LogP contribution in [0.1, 0.15) is 13.2 Å². The Balaban J connectivity index is 1.34. The first kappa shape index (κ1) is 29.8. The number of phosphoric acid groups is 2. The summed E-state index contributed by atoms with van der Waals surface area (Å²) in [6.07, 6.45) is -8.21. The SMILES string of the molecule is CC(=O)NC1[C@H](O)C(O)O[C@@H]1COP(=O)(O)OP(=O)(O)OC[C@@H]1O[C@H](n2cnc3c(N)ncnc32)C(O)C1O. The normalized spacial score (nSPS) is 34.1. The van der Waals surface area contributed by atoms with Crippen molar-refractivity contribution in [3.8, 4) is 0 Å². The molecule has 2 fully saturated rings. The van der Waals surface area contributed by atoms with Crippen LogP contribution >= 0.6 is 15.6 Å². The zero-order valence-corrected chi connectivity index (χ0v) is 21.7. The second-order valence-corrected chi connectivity index (χ2v) is 11.6. The molecule has 1 amide bonds. The number of rotatable bonds is 10. The number of ether oxygens (including phenoxy) is 2. The van der Waals surface area contributed by atoms with Crippen molar-refractivity contribution in [3.05, 3.63) is 12.7 Å². The molecule has 0 bridgehead atoms. The van der Waals surface area contributed by atoms with E-state index in [1.807, 2.05) is 0 Å². The molecule has 2 aliphatic heterocycles. The van der Waals surface area contributed by atoms with E-state index in [1.54, 1.807) is 0 Å². The van der Waals surface area contributed by atoms with Gasteiger partial charge in [0.05, 0.1) is 25.6 Å². The summed E-state index contributed by atoms with van der Waals surface area (Å²) in [5.41, 5.74) is 6.09. The Hall–Kier alpha value is -2.16. The van der Waals surface area contributed by atoms with Crippen LogP contribution in [0.5, 0.6) is 0 Å². The third-order valence-corrected chi connectivity index (χ3v) is 8.36. The van der Waals surface area contributed by atoms with Gasteiger partial charge in [0.25, 0.3) is 0 Å². The molecule has 218 valence electrons. The van der Waals surface area contributed by atoms with E-state index in [4.69, 9.17) is 15.2 Å². The quantitative estimate of drug-likeness (QED) is 0.125. The van der Waals surface area contributed by atoms with E-state index in [1.165, 1.54) is 10.9 Å². The number of nitrogens with zero attached hydrogens (tertiary/aromatic N) is 4. The first-order valence-corrected chi connectivity index (χ1v) is 14.1. The number of aromatic nitrogens is 4. The standard InChI is InChI=1S/C17H26N6O14P2/c1-6(24)22-9-7(36-17(28)12(9)26)2-33-38(29,30)37-39(31,32)34-3-8-11(25)13(27)16(35-8)23-5-21-10-14(18)19-4-20-15(10)23/h4-5,7-9,11-13,16-17,25-28H,2-3H2,1H3,(H,22,24)(H,29,30)(H,31,32)(H2,18,19,20)/t7-,8+,9?,11?,12+,13?,16+,17?/m1/s1. The number of imidazole rings is 1. The maximum atomic E-state index is 12.3. The van der Waals surface area contributed by atoms with Crippen molar-refractivity contribution in [1.82, 2.24) is 24.8 Å². The Labute approximate surface area is 218 Å². The predicted molar refractivity (Wildman–Crippen MR) is 123 cm³/mol. The lowest BCUT2D eigenvalue weighted by Gasteiger charge is -2.22. The van der Waals surface area contributed by atoms with Crippen LogP contribution in [0.4, 0.5) is 5.82 Å². The van der Waals surface area contributed by atoms with Crippen molar-refractivity contribution < 1.29 is 67.0 Å². The molecule has 2 saturated heterocycles. The van der Waals surface area contributed by atoms with Gasteiger partial charge in [-0.3, -0.25) is 18.4 Å². The number of nitrogen functional groups attached to an aromatic ring is 1. The van der Waals surface area contributed by atoms with E-state index in [2.05, 4.69) is 33.6 Å². The minimum absolute atomic E-state index is 0.0539. The fourth-order valence-electron chi connectivity index (χ4n) is 3.96. The smallest absolute Gasteiger partial charge is 0.387 e. The van der Waals surface area contributed by atoms with E-state index >= 15 is 0 Å². The molecule has 0 spiro atoms. The number of aliphatic hydroxyl groups excluding tert-OH is 4. The lowest BCUT2D eigenvalue weighted by Crippen LogP contribution is -2.48. The number of anilines is 1. The number of phosphoric ester groups is 2. The average molecular weight is 600 g/mol. The van der Waals surface area contributed by atoms with Crippen LogP contribution in [0.2, 0.25) is 0 Å². The van der Waals surface area contributed by atoms with Gasteiger partial charge in [-0.25, -0.2) is 24.1 Å². The topological polar surface area (TPSA) is 300 Å². The fourth-order valence-corrected chi connectivity index (χ4v) is 6.05. The van der Waals surface area contributed by atoms with Gasteiger partial charge in [0.1, 0.15) is 42.4 Å². The lowest BCUT2D eigenvalue weighted by molar-refractivity contribution is -0.132. The number of carbonyl (C=O) groups excluding carboxylic acids is 1. The molecule has 6 unspecified atom stereocenters. The monoisotopic (exact) mass is 600 g/mol. The Bertz CT molecular complexity index is 1300. The largest absolute Gasteiger partial charge is 0.481 e. The molecule has 0 aromatic carbocycles. The molecule has 0 aliphatic carbocycles. The number of amides is 1. The van der Waals surface area contributed by atoms with Gasteiger partial charge in [0.15, 0.2) is 24.0 Å². The summed E-state index contributed by atoms with van der Waals surface area (Å²) in [5.74, 6) is -0.557. The Morgan fingerprint density at radius 1 is 1.03 bits per heavy atom. The number of nitrogens with two attached hydrogens (primary N) is 1. The van der Waals surface area contributed by atoms with Crippen LogP contribution in [0.15, 0.2) is 12.7 Å². The van der Waals surface area contributed by atoms with E-state index < -0.39 is 83.8 Å². The molecule has 10 atom stereocenters. The van der Waals surface area contributed by atoms with E-state index in [9.17, 15) is 44.1 Å². The molecule has 9 N–H and O–H groups in total. The van der Waals surface area contributed by atoms with E-state index in [0.717, 1.165) is 13.3 Å². The highest BCUT2D eigenvalue weighted by atomic mass is 31.3. The molecule has 22 heteroatoms. The predicted octanol–water partition coefficient (Wildman–Crippen LogP) is -3.14. The maximum Gasteiger partial charge on any atom is 0.481 e. The fraction of sp³-hybridized carbons (Fsp3) is 0.647. The lowest BCUT2D eigenvalue weighted by atomic mass is 10.1. The molecule has 2 aromatic rings. The van der Waals surface area contributed by atoms with Gasteiger partial charge in [0, 0.05) is 6.92 Å². The van der Waals surface area contributed by atoms with E-state index in [-0.39, 0.29) is 17.0 Å².